The number of aryl methyl sites for hydroxylation is 3. The van der Waals surface area contributed by atoms with Gasteiger partial charge in [0.05, 0.1) is 18.3 Å². The Labute approximate surface area is 112 Å². The summed E-state index contributed by atoms with van der Waals surface area (Å²) in [5, 5.41) is 14.4. The fraction of sp³-hybridized carbons (Fsp3) is 0.333. The van der Waals surface area contributed by atoms with Crippen molar-refractivity contribution in [3.05, 3.63) is 63.1 Å². The van der Waals surface area contributed by atoms with Crippen LogP contribution in [-0.4, -0.2) is 14.9 Å². The quantitative estimate of drug-likeness (QED) is 0.914. The molecule has 0 fully saturated rings. The van der Waals surface area contributed by atoms with E-state index in [1.54, 1.807) is 6.07 Å². The lowest BCUT2D eigenvalue weighted by Crippen LogP contribution is -2.25. The van der Waals surface area contributed by atoms with E-state index in [4.69, 9.17) is 0 Å². The van der Waals surface area contributed by atoms with Crippen molar-refractivity contribution in [1.82, 2.24) is 9.78 Å². The third-order valence-electron chi connectivity index (χ3n) is 2.97. The van der Waals surface area contributed by atoms with Crippen LogP contribution >= 0.6 is 0 Å². The van der Waals surface area contributed by atoms with E-state index < -0.39 is 6.10 Å². The fourth-order valence-electron chi connectivity index (χ4n) is 2.15. The van der Waals surface area contributed by atoms with E-state index >= 15 is 0 Å². The van der Waals surface area contributed by atoms with Gasteiger partial charge in [0.25, 0.3) is 5.56 Å². The molecule has 1 heterocycles. The van der Waals surface area contributed by atoms with Gasteiger partial charge in [-0.3, -0.25) is 4.79 Å². The number of benzene rings is 1. The van der Waals surface area contributed by atoms with Crippen molar-refractivity contribution in [2.24, 2.45) is 0 Å². The maximum atomic E-state index is 11.7. The lowest BCUT2D eigenvalue weighted by Gasteiger charge is -2.14. The normalized spacial score (nSPS) is 12.4. The Kier molecular flexibility index (Phi) is 3.81. The standard InChI is InChI=1S/C15H18N2O2/c1-10-6-11(2)8-13(7-10)14(18)9-17-15(19)5-4-12(3)16-17/h4-8,14,18H,9H2,1-3H3. The van der Waals surface area contributed by atoms with Crippen LogP contribution in [0.5, 0.6) is 0 Å². The Morgan fingerprint density at radius 3 is 2.42 bits per heavy atom. The van der Waals surface area contributed by atoms with Crippen molar-refractivity contribution < 1.29 is 5.11 Å². The summed E-state index contributed by atoms with van der Waals surface area (Å²) in [6.07, 6.45) is -0.731. The second-order valence-corrected chi connectivity index (χ2v) is 4.93. The summed E-state index contributed by atoms with van der Waals surface area (Å²) >= 11 is 0. The molecule has 0 saturated carbocycles. The molecule has 1 aromatic carbocycles. The SMILES string of the molecule is Cc1cc(C)cc(C(O)Cn2nc(C)ccc2=O)c1. The maximum absolute atomic E-state index is 11.7. The first-order valence-corrected chi connectivity index (χ1v) is 6.27. The van der Waals surface area contributed by atoms with Crippen LogP contribution in [0, 0.1) is 20.8 Å². The highest BCUT2D eigenvalue weighted by molar-refractivity contribution is 5.29. The number of rotatable bonds is 3. The largest absolute Gasteiger partial charge is 0.386 e. The minimum Gasteiger partial charge on any atom is -0.386 e. The Hall–Kier alpha value is -1.94. The van der Waals surface area contributed by atoms with Crippen molar-refractivity contribution >= 4 is 0 Å². The van der Waals surface area contributed by atoms with E-state index in [0.29, 0.717) is 0 Å². The van der Waals surface area contributed by atoms with Crippen LogP contribution in [0.4, 0.5) is 0 Å². The first-order chi connectivity index (χ1) is 8.95. The molecule has 1 unspecified atom stereocenters. The minimum absolute atomic E-state index is 0.170. The van der Waals surface area contributed by atoms with Gasteiger partial charge in [-0.1, -0.05) is 29.3 Å². The second kappa shape index (κ2) is 5.36. The van der Waals surface area contributed by atoms with Crippen molar-refractivity contribution in [3.8, 4) is 0 Å². The summed E-state index contributed by atoms with van der Waals surface area (Å²) in [5.41, 5.74) is 3.56. The molecule has 0 bridgehead atoms. The lowest BCUT2D eigenvalue weighted by molar-refractivity contribution is 0.149. The molecule has 0 radical (unpaired) electrons. The maximum Gasteiger partial charge on any atom is 0.266 e. The number of nitrogens with zero attached hydrogens (tertiary/aromatic N) is 2. The Morgan fingerprint density at radius 2 is 1.79 bits per heavy atom. The highest BCUT2D eigenvalue weighted by atomic mass is 16.3. The Bertz CT molecular complexity index is 627. The molecule has 2 aromatic rings. The first-order valence-electron chi connectivity index (χ1n) is 6.27. The molecule has 1 N–H and O–H groups in total. The average Bonchev–Trinajstić information content (AvgIpc) is 2.32. The molecule has 1 atom stereocenters. The van der Waals surface area contributed by atoms with Crippen LogP contribution in [0.25, 0.3) is 0 Å². The Morgan fingerprint density at radius 1 is 1.16 bits per heavy atom. The zero-order valence-corrected chi connectivity index (χ0v) is 11.4. The summed E-state index contributed by atoms with van der Waals surface area (Å²) in [6, 6.07) is 9.04. The topological polar surface area (TPSA) is 55.1 Å². The van der Waals surface area contributed by atoms with Crippen molar-refractivity contribution in [2.45, 2.75) is 33.4 Å². The number of hydrogen-bond acceptors (Lipinski definition) is 3. The molecule has 0 spiro atoms. The smallest absolute Gasteiger partial charge is 0.266 e. The van der Waals surface area contributed by atoms with E-state index in [-0.39, 0.29) is 12.1 Å². The zero-order valence-electron chi connectivity index (χ0n) is 11.4. The molecule has 4 nitrogen and oxygen atoms in total. The number of hydrogen-bond donors (Lipinski definition) is 1. The summed E-state index contributed by atoms with van der Waals surface area (Å²) in [6.45, 7) is 5.96. The molecule has 1 aromatic heterocycles. The van der Waals surface area contributed by atoms with E-state index in [1.807, 2.05) is 39.0 Å². The van der Waals surface area contributed by atoms with Gasteiger partial charge in [-0.25, -0.2) is 4.68 Å². The van der Waals surface area contributed by atoms with Crippen molar-refractivity contribution in [2.75, 3.05) is 0 Å². The molecule has 0 saturated heterocycles. The zero-order chi connectivity index (χ0) is 14.0. The van der Waals surface area contributed by atoms with Gasteiger partial charge < -0.3 is 5.11 Å². The van der Waals surface area contributed by atoms with Gasteiger partial charge in [0.15, 0.2) is 0 Å². The predicted octanol–water partition coefficient (Wildman–Crippen LogP) is 1.90. The molecule has 0 amide bonds. The van der Waals surface area contributed by atoms with Gasteiger partial charge in [-0.05, 0) is 32.4 Å². The highest BCUT2D eigenvalue weighted by Crippen LogP contribution is 2.17. The van der Waals surface area contributed by atoms with E-state index in [0.717, 1.165) is 22.4 Å². The predicted molar refractivity (Wildman–Crippen MR) is 74.1 cm³/mol. The van der Waals surface area contributed by atoms with E-state index in [9.17, 15) is 9.90 Å². The summed E-state index contributed by atoms with van der Waals surface area (Å²) in [7, 11) is 0. The molecule has 0 aliphatic heterocycles. The summed E-state index contributed by atoms with van der Waals surface area (Å²) in [5.74, 6) is 0. The van der Waals surface area contributed by atoms with Crippen LogP contribution in [0.15, 0.2) is 35.1 Å². The van der Waals surface area contributed by atoms with Crippen LogP contribution in [0.1, 0.15) is 28.5 Å². The van der Waals surface area contributed by atoms with Crippen LogP contribution in [-0.2, 0) is 6.54 Å². The molecule has 100 valence electrons. The molecule has 4 heteroatoms. The van der Waals surface area contributed by atoms with Crippen LogP contribution in [0.3, 0.4) is 0 Å². The summed E-state index contributed by atoms with van der Waals surface area (Å²) in [4.78, 5) is 11.7. The van der Waals surface area contributed by atoms with Gasteiger partial charge in [0.2, 0.25) is 0 Å². The monoisotopic (exact) mass is 258 g/mol. The van der Waals surface area contributed by atoms with Crippen molar-refractivity contribution in [1.29, 1.82) is 0 Å². The molecule has 0 aliphatic carbocycles. The van der Waals surface area contributed by atoms with Gasteiger partial charge >= 0.3 is 0 Å². The third-order valence-corrected chi connectivity index (χ3v) is 2.97. The fourth-order valence-corrected chi connectivity index (χ4v) is 2.15. The minimum atomic E-state index is -0.731. The molecular formula is C15H18N2O2. The van der Waals surface area contributed by atoms with Crippen molar-refractivity contribution in [3.63, 3.8) is 0 Å². The second-order valence-electron chi connectivity index (χ2n) is 4.93. The van der Waals surface area contributed by atoms with Crippen LogP contribution < -0.4 is 5.56 Å². The first kappa shape index (κ1) is 13.5. The van der Waals surface area contributed by atoms with Gasteiger partial charge in [0, 0.05) is 6.07 Å². The molecule has 2 rings (SSSR count). The number of aromatic nitrogens is 2. The molecule has 19 heavy (non-hydrogen) atoms. The van der Waals surface area contributed by atoms with E-state index in [1.165, 1.54) is 10.7 Å². The van der Waals surface area contributed by atoms with Gasteiger partial charge in [0.1, 0.15) is 0 Å². The average molecular weight is 258 g/mol. The van der Waals surface area contributed by atoms with Crippen LogP contribution in [0.2, 0.25) is 0 Å². The number of aliphatic hydroxyl groups is 1. The van der Waals surface area contributed by atoms with E-state index in [2.05, 4.69) is 5.10 Å². The molecule has 0 aliphatic rings. The lowest BCUT2D eigenvalue weighted by atomic mass is 10.0. The van der Waals surface area contributed by atoms with Gasteiger partial charge in [-0.15, -0.1) is 0 Å². The Balaban J connectivity index is 2.27. The highest BCUT2D eigenvalue weighted by Gasteiger charge is 2.11. The third kappa shape index (κ3) is 3.29. The molecular weight excluding hydrogens is 240 g/mol. The number of aliphatic hydroxyl groups excluding tert-OH is 1. The van der Waals surface area contributed by atoms with Gasteiger partial charge in [-0.2, -0.15) is 5.10 Å². The summed E-state index contributed by atoms with van der Waals surface area (Å²) < 4.78 is 1.30.